The summed E-state index contributed by atoms with van der Waals surface area (Å²) >= 11 is 0. The van der Waals surface area contributed by atoms with Gasteiger partial charge in [0.1, 0.15) is 11.6 Å². The molecule has 1 rings (SSSR count). The first kappa shape index (κ1) is 13.1. The monoisotopic (exact) mass is 228 g/mol. The summed E-state index contributed by atoms with van der Waals surface area (Å²) in [5.74, 6) is -0.965. The summed E-state index contributed by atoms with van der Waals surface area (Å²) in [6.45, 7) is 2.41. The molecule has 0 saturated carbocycles. The van der Waals surface area contributed by atoms with Gasteiger partial charge in [-0.25, -0.2) is 8.78 Å². The summed E-state index contributed by atoms with van der Waals surface area (Å²) in [7, 11) is 3.72. The normalized spacial score (nSPS) is 15.2. The average Bonchev–Trinajstić information content (AvgIpc) is 2.21. The van der Waals surface area contributed by atoms with E-state index in [9.17, 15) is 8.78 Å². The second-order valence-corrected chi connectivity index (χ2v) is 4.29. The summed E-state index contributed by atoms with van der Waals surface area (Å²) in [6, 6.07) is 3.54. The van der Waals surface area contributed by atoms with Crippen LogP contribution in [0.5, 0.6) is 0 Å². The minimum Gasteiger partial charge on any atom is -0.330 e. The summed E-state index contributed by atoms with van der Waals surface area (Å²) < 4.78 is 26.5. The first-order valence-electron chi connectivity index (χ1n) is 5.28. The molecule has 2 N–H and O–H groups in total. The fourth-order valence-electron chi connectivity index (χ4n) is 1.96. The van der Waals surface area contributed by atoms with Crippen LogP contribution in [0.25, 0.3) is 0 Å². The van der Waals surface area contributed by atoms with E-state index in [1.807, 2.05) is 25.9 Å². The van der Waals surface area contributed by atoms with Crippen LogP contribution in [0.3, 0.4) is 0 Å². The predicted octanol–water partition coefficient (Wildman–Crippen LogP) is 2.16. The highest BCUT2D eigenvalue weighted by Crippen LogP contribution is 2.28. The minimum atomic E-state index is -0.556. The van der Waals surface area contributed by atoms with Crippen LogP contribution in [0.2, 0.25) is 0 Å². The lowest BCUT2D eigenvalue weighted by atomic mass is 9.93. The van der Waals surface area contributed by atoms with E-state index >= 15 is 0 Å². The van der Waals surface area contributed by atoms with E-state index in [1.54, 1.807) is 0 Å². The molecule has 0 aromatic heterocycles. The molecule has 2 unspecified atom stereocenters. The van der Waals surface area contributed by atoms with E-state index in [1.165, 1.54) is 12.1 Å². The quantitative estimate of drug-likeness (QED) is 0.855. The first-order valence-corrected chi connectivity index (χ1v) is 5.28. The molecule has 0 amide bonds. The Morgan fingerprint density at radius 2 is 1.94 bits per heavy atom. The Balaban J connectivity index is 3.11. The molecule has 0 aliphatic carbocycles. The van der Waals surface area contributed by atoms with Gasteiger partial charge in [0.2, 0.25) is 0 Å². The summed E-state index contributed by atoms with van der Waals surface area (Å²) in [4.78, 5) is 1.90. The third-order valence-electron chi connectivity index (χ3n) is 2.75. The molecule has 0 aliphatic heterocycles. The maximum absolute atomic E-state index is 13.7. The van der Waals surface area contributed by atoms with Crippen molar-refractivity contribution in [1.82, 2.24) is 4.90 Å². The number of benzene rings is 1. The number of nitrogens with zero attached hydrogens (tertiary/aromatic N) is 1. The van der Waals surface area contributed by atoms with Crippen molar-refractivity contribution in [3.05, 3.63) is 35.4 Å². The zero-order chi connectivity index (χ0) is 12.3. The molecule has 0 aliphatic rings. The zero-order valence-corrected chi connectivity index (χ0v) is 9.87. The molecule has 16 heavy (non-hydrogen) atoms. The van der Waals surface area contributed by atoms with Crippen molar-refractivity contribution < 1.29 is 8.78 Å². The van der Waals surface area contributed by atoms with E-state index in [0.717, 1.165) is 6.07 Å². The first-order chi connectivity index (χ1) is 7.47. The highest BCUT2D eigenvalue weighted by molar-refractivity contribution is 5.22. The van der Waals surface area contributed by atoms with E-state index in [4.69, 9.17) is 5.73 Å². The van der Waals surface area contributed by atoms with Crippen LogP contribution in [0.4, 0.5) is 8.78 Å². The van der Waals surface area contributed by atoms with Gasteiger partial charge in [-0.15, -0.1) is 0 Å². The van der Waals surface area contributed by atoms with Gasteiger partial charge in [-0.1, -0.05) is 13.0 Å². The molecule has 0 spiro atoms. The summed E-state index contributed by atoms with van der Waals surface area (Å²) in [5.41, 5.74) is 6.09. The lowest BCUT2D eigenvalue weighted by molar-refractivity contribution is 0.221. The molecule has 2 atom stereocenters. The highest BCUT2D eigenvalue weighted by atomic mass is 19.1. The second-order valence-electron chi connectivity index (χ2n) is 4.29. The fourth-order valence-corrected chi connectivity index (χ4v) is 1.96. The Morgan fingerprint density at radius 1 is 1.31 bits per heavy atom. The molecule has 90 valence electrons. The molecular formula is C12H18F2N2. The van der Waals surface area contributed by atoms with Crippen LogP contribution in [-0.4, -0.2) is 25.5 Å². The molecule has 4 heteroatoms. The third-order valence-corrected chi connectivity index (χ3v) is 2.75. The lowest BCUT2D eigenvalue weighted by Gasteiger charge is -2.30. The molecule has 0 heterocycles. The summed E-state index contributed by atoms with van der Waals surface area (Å²) in [5, 5.41) is 0. The number of halogens is 2. The van der Waals surface area contributed by atoms with Crippen molar-refractivity contribution in [3.63, 3.8) is 0 Å². The summed E-state index contributed by atoms with van der Waals surface area (Å²) in [6.07, 6.45) is 0. The van der Waals surface area contributed by atoms with Gasteiger partial charge in [-0.3, -0.25) is 0 Å². The Hall–Kier alpha value is -1.00. The van der Waals surface area contributed by atoms with Gasteiger partial charge in [0.15, 0.2) is 0 Å². The molecule has 0 fully saturated rings. The number of hydrogen-bond donors (Lipinski definition) is 1. The molecule has 0 saturated heterocycles. The van der Waals surface area contributed by atoms with Crippen molar-refractivity contribution in [2.75, 3.05) is 20.6 Å². The van der Waals surface area contributed by atoms with Gasteiger partial charge in [0.05, 0.1) is 0 Å². The predicted molar refractivity (Wildman–Crippen MR) is 61.0 cm³/mol. The minimum absolute atomic E-state index is 0.106. The van der Waals surface area contributed by atoms with Crippen LogP contribution < -0.4 is 5.73 Å². The standard InChI is InChI=1S/C12H18F2N2/c1-8(7-15)12(16(2)3)10-5-4-9(13)6-11(10)14/h4-6,8,12H,7,15H2,1-3H3. The van der Waals surface area contributed by atoms with Gasteiger partial charge < -0.3 is 10.6 Å². The van der Waals surface area contributed by atoms with Crippen LogP contribution in [0.15, 0.2) is 18.2 Å². The highest BCUT2D eigenvalue weighted by Gasteiger charge is 2.23. The SMILES string of the molecule is CC(CN)C(c1ccc(F)cc1F)N(C)C. The van der Waals surface area contributed by atoms with Gasteiger partial charge in [0.25, 0.3) is 0 Å². The average molecular weight is 228 g/mol. The van der Waals surface area contributed by atoms with Crippen molar-refractivity contribution >= 4 is 0 Å². The van der Waals surface area contributed by atoms with Crippen LogP contribution in [0.1, 0.15) is 18.5 Å². The van der Waals surface area contributed by atoms with Crippen LogP contribution in [0, 0.1) is 17.6 Å². The van der Waals surface area contributed by atoms with E-state index in [2.05, 4.69) is 0 Å². The van der Waals surface area contributed by atoms with E-state index < -0.39 is 11.6 Å². The fraction of sp³-hybridized carbons (Fsp3) is 0.500. The number of hydrogen-bond acceptors (Lipinski definition) is 2. The van der Waals surface area contributed by atoms with E-state index in [0.29, 0.717) is 12.1 Å². The maximum atomic E-state index is 13.7. The molecular weight excluding hydrogens is 210 g/mol. The van der Waals surface area contributed by atoms with E-state index in [-0.39, 0.29) is 12.0 Å². The van der Waals surface area contributed by atoms with Crippen molar-refractivity contribution in [2.24, 2.45) is 11.7 Å². The smallest absolute Gasteiger partial charge is 0.130 e. The Labute approximate surface area is 95.1 Å². The Kier molecular flexibility index (Phi) is 4.38. The second kappa shape index (κ2) is 5.37. The molecule has 0 radical (unpaired) electrons. The molecule has 1 aromatic rings. The lowest BCUT2D eigenvalue weighted by Crippen LogP contribution is -2.31. The van der Waals surface area contributed by atoms with Crippen molar-refractivity contribution in [3.8, 4) is 0 Å². The van der Waals surface area contributed by atoms with Gasteiger partial charge in [-0.2, -0.15) is 0 Å². The van der Waals surface area contributed by atoms with Crippen molar-refractivity contribution in [1.29, 1.82) is 0 Å². The number of nitrogens with two attached hydrogens (primary N) is 1. The maximum Gasteiger partial charge on any atom is 0.130 e. The van der Waals surface area contributed by atoms with Gasteiger partial charge >= 0.3 is 0 Å². The molecule has 0 bridgehead atoms. The van der Waals surface area contributed by atoms with Crippen molar-refractivity contribution in [2.45, 2.75) is 13.0 Å². The van der Waals surface area contributed by atoms with Gasteiger partial charge in [-0.05, 0) is 32.6 Å². The van der Waals surface area contributed by atoms with Crippen LogP contribution >= 0.6 is 0 Å². The molecule has 1 aromatic carbocycles. The third kappa shape index (κ3) is 2.77. The van der Waals surface area contributed by atoms with Crippen LogP contribution in [-0.2, 0) is 0 Å². The Morgan fingerprint density at radius 3 is 2.38 bits per heavy atom. The van der Waals surface area contributed by atoms with Gasteiger partial charge in [0, 0.05) is 17.7 Å². The largest absolute Gasteiger partial charge is 0.330 e. The molecule has 2 nitrogen and oxygen atoms in total. The topological polar surface area (TPSA) is 29.3 Å². The number of rotatable bonds is 4. The Bertz CT molecular complexity index is 353. The zero-order valence-electron chi connectivity index (χ0n) is 9.87.